The Morgan fingerprint density at radius 3 is 2.00 bits per heavy atom. The van der Waals surface area contributed by atoms with Crippen LogP contribution >= 0.6 is 0 Å². The lowest BCUT2D eigenvalue weighted by Crippen LogP contribution is -1.95. The summed E-state index contributed by atoms with van der Waals surface area (Å²) in [7, 11) is 5.06. The average molecular weight is 308 g/mol. The summed E-state index contributed by atoms with van der Waals surface area (Å²) in [6, 6.07) is 16.2. The van der Waals surface area contributed by atoms with Gasteiger partial charge in [-0.3, -0.25) is 0 Å². The minimum atomic E-state index is 0.819. The van der Waals surface area contributed by atoms with E-state index in [4.69, 9.17) is 14.2 Å². The predicted molar refractivity (Wildman–Crippen MR) is 93.8 cm³/mol. The van der Waals surface area contributed by atoms with Crippen molar-refractivity contribution in [3.05, 3.63) is 54.1 Å². The summed E-state index contributed by atoms with van der Waals surface area (Å²) in [4.78, 5) is 0. The Bertz CT molecular complexity index is 853. The second-order valence-corrected chi connectivity index (χ2v) is 5.41. The average Bonchev–Trinajstić information content (AvgIpc) is 2.60. The molecule has 0 aliphatic carbocycles. The zero-order valence-corrected chi connectivity index (χ0v) is 13.8. The summed E-state index contributed by atoms with van der Waals surface area (Å²) in [5.74, 6) is 2.46. The normalized spacial score (nSPS) is 10.6. The fraction of sp³-hybridized carbons (Fsp3) is 0.200. The minimum absolute atomic E-state index is 0.819. The van der Waals surface area contributed by atoms with Crippen molar-refractivity contribution in [2.75, 3.05) is 21.3 Å². The van der Waals surface area contributed by atoms with E-state index in [1.54, 1.807) is 21.3 Å². The molecule has 118 valence electrons. The fourth-order valence-electron chi connectivity index (χ4n) is 2.93. The van der Waals surface area contributed by atoms with Crippen molar-refractivity contribution >= 4 is 10.8 Å². The summed E-state index contributed by atoms with van der Waals surface area (Å²) in [5.41, 5.74) is 3.09. The Morgan fingerprint density at radius 1 is 0.652 bits per heavy atom. The Labute approximate surface area is 136 Å². The minimum Gasteiger partial charge on any atom is -0.496 e. The van der Waals surface area contributed by atoms with Crippen LogP contribution in [0.4, 0.5) is 0 Å². The van der Waals surface area contributed by atoms with Crippen LogP contribution in [-0.4, -0.2) is 21.3 Å². The van der Waals surface area contributed by atoms with Crippen molar-refractivity contribution in [2.45, 2.75) is 6.92 Å². The summed E-state index contributed by atoms with van der Waals surface area (Å²) in [6.45, 7) is 2.05. The highest BCUT2D eigenvalue weighted by molar-refractivity contribution is 6.00. The van der Waals surface area contributed by atoms with E-state index in [1.807, 2.05) is 43.3 Å². The van der Waals surface area contributed by atoms with Gasteiger partial charge in [0, 0.05) is 21.9 Å². The highest BCUT2D eigenvalue weighted by atomic mass is 16.5. The molecule has 3 rings (SSSR count). The molecular weight excluding hydrogens is 288 g/mol. The number of hydrogen-bond acceptors (Lipinski definition) is 3. The smallest absolute Gasteiger partial charge is 0.134 e. The number of ether oxygens (including phenoxy) is 3. The molecule has 0 bridgehead atoms. The lowest BCUT2D eigenvalue weighted by molar-refractivity contribution is 0.408. The molecule has 0 saturated heterocycles. The molecule has 0 radical (unpaired) electrons. The van der Waals surface area contributed by atoms with Crippen molar-refractivity contribution in [3.63, 3.8) is 0 Å². The van der Waals surface area contributed by atoms with Gasteiger partial charge in [0.1, 0.15) is 17.2 Å². The first-order valence-electron chi connectivity index (χ1n) is 7.48. The number of methoxy groups -OCH3 is 3. The van der Waals surface area contributed by atoms with E-state index in [9.17, 15) is 0 Å². The van der Waals surface area contributed by atoms with Gasteiger partial charge in [-0.15, -0.1) is 0 Å². The van der Waals surface area contributed by atoms with Gasteiger partial charge in [0.25, 0.3) is 0 Å². The highest BCUT2D eigenvalue weighted by Crippen LogP contribution is 2.44. The molecule has 3 aromatic carbocycles. The first-order valence-corrected chi connectivity index (χ1v) is 7.48. The number of benzene rings is 3. The standard InChI is InChI=1S/C20H20O3/c1-13-9-10-15(18(11-13)21-2)17-12-19(22-3)14-7-5-6-8-16(14)20(17)23-4/h5-12H,1-4H3. The van der Waals surface area contributed by atoms with Gasteiger partial charge in [0.15, 0.2) is 0 Å². The zero-order valence-electron chi connectivity index (χ0n) is 13.8. The molecule has 3 aromatic rings. The third-order valence-corrected chi connectivity index (χ3v) is 4.03. The van der Waals surface area contributed by atoms with E-state index in [-0.39, 0.29) is 0 Å². The number of aryl methyl sites for hydroxylation is 1. The van der Waals surface area contributed by atoms with Crippen molar-refractivity contribution in [3.8, 4) is 28.4 Å². The Kier molecular flexibility index (Phi) is 4.11. The van der Waals surface area contributed by atoms with Crippen LogP contribution < -0.4 is 14.2 Å². The van der Waals surface area contributed by atoms with Gasteiger partial charge in [-0.1, -0.05) is 36.4 Å². The van der Waals surface area contributed by atoms with Gasteiger partial charge in [0.2, 0.25) is 0 Å². The van der Waals surface area contributed by atoms with Crippen LogP contribution in [0, 0.1) is 6.92 Å². The maximum absolute atomic E-state index is 5.73. The summed E-state index contributed by atoms with van der Waals surface area (Å²) < 4.78 is 16.9. The van der Waals surface area contributed by atoms with Gasteiger partial charge in [-0.05, 0) is 24.6 Å². The van der Waals surface area contributed by atoms with E-state index in [2.05, 4.69) is 12.1 Å². The van der Waals surface area contributed by atoms with Crippen LogP contribution in [0.15, 0.2) is 48.5 Å². The number of hydrogen-bond donors (Lipinski definition) is 0. The highest BCUT2D eigenvalue weighted by Gasteiger charge is 2.17. The van der Waals surface area contributed by atoms with Crippen molar-refractivity contribution in [1.82, 2.24) is 0 Å². The SMILES string of the molecule is COc1cc(C)ccc1-c1cc(OC)c2ccccc2c1OC. The molecule has 3 heteroatoms. The largest absolute Gasteiger partial charge is 0.496 e. The molecule has 0 saturated carbocycles. The van der Waals surface area contributed by atoms with E-state index in [0.717, 1.165) is 44.7 Å². The zero-order chi connectivity index (χ0) is 16.4. The molecule has 0 amide bonds. The van der Waals surface area contributed by atoms with Gasteiger partial charge in [-0.2, -0.15) is 0 Å². The summed E-state index contributed by atoms with van der Waals surface area (Å²) in [5, 5.41) is 2.05. The first-order chi connectivity index (χ1) is 11.2. The van der Waals surface area contributed by atoms with Gasteiger partial charge in [0.05, 0.1) is 21.3 Å². The summed E-state index contributed by atoms with van der Waals surface area (Å²) in [6.07, 6.45) is 0. The van der Waals surface area contributed by atoms with Gasteiger partial charge >= 0.3 is 0 Å². The van der Waals surface area contributed by atoms with Crippen LogP contribution in [0.25, 0.3) is 21.9 Å². The van der Waals surface area contributed by atoms with Crippen LogP contribution in [0.2, 0.25) is 0 Å². The monoisotopic (exact) mass is 308 g/mol. The quantitative estimate of drug-likeness (QED) is 0.690. The molecular formula is C20H20O3. The lowest BCUT2D eigenvalue weighted by atomic mass is 9.97. The van der Waals surface area contributed by atoms with E-state index < -0.39 is 0 Å². The lowest BCUT2D eigenvalue weighted by Gasteiger charge is -2.17. The van der Waals surface area contributed by atoms with Crippen molar-refractivity contribution in [1.29, 1.82) is 0 Å². The molecule has 0 atom stereocenters. The van der Waals surface area contributed by atoms with Crippen molar-refractivity contribution in [2.24, 2.45) is 0 Å². The number of rotatable bonds is 4. The van der Waals surface area contributed by atoms with Gasteiger partial charge < -0.3 is 14.2 Å². The van der Waals surface area contributed by atoms with Crippen molar-refractivity contribution < 1.29 is 14.2 Å². The Balaban J connectivity index is 2.37. The molecule has 0 aliphatic rings. The molecule has 0 aromatic heterocycles. The fourth-order valence-corrected chi connectivity index (χ4v) is 2.93. The predicted octanol–water partition coefficient (Wildman–Crippen LogP) is 4.84. The van der Waals surface area contributed by atoms with E-state index >= 15 is 0 Å². The maximum Gasteiger partial charge on any atom is 0.134 e. The Morgan fingerprint density at radius 2 is 1.35 bits per heavy atom. The topological polar surface area (TPSA) is 27.7 Å². The maximum atomic E-state index is 5.73. The van der Waals surface area contributed by atoms with Crippen LogP contribution in [0.3, 0.4) is 0 Å². The number of fused-ring (bicyclic) bond motifs is 1. The molecule has 23 heavy (non-hydrogen) atoms. The van der Waals surface area contributed by atoms with Gasteiger partial charge in [-0.25, -0.2) is 0 Å². The molecule has 3 nitrogen and oxygen atoms in total. The second kappa shape index (κ2) is 6.21. The van der Waals surface area contributed by atoms with E-state index in [0.29, 0.717) is 0 Å². The van der Waals surface area contributed by atoms with Crippen LogP contribution in [0.1, 0.15) is 5.56 Å². The third-order valence-electron chi connectivity index (χ3n) is 4.03. The first kappa shape index (κ1) is 15.2. The van der Waals surface area contributed by atoms with E-state index in [1.165, 1.54) is 0 Å². The van der Waals surface area contributed by atoms with Crippen LogP contribution in [-0.2, 0) is 0 Å². The molecule has 0 N–H and O–H groups in total. The summed E-state index contributed by atoms with van der Waals surface area (Å²) >= 11 is 0. The molecule has 0 fully saturated rings. The second-order valence-electron chi connectivity index (χ2n) is 5.41. The molecule has 0 unspecified atom stereocenters. The van der Waals surface area contributed by atoms with Crippen LogP contribution in [0.5, 0.6) is 17.2 Å². The third kappa shape index (κ3) is 2.59. The molecule has 0 aliphatic heterocycles. The Hall–Kier alpha value is -2.68. The molecule has 0 spiro atoms. The molecule has 0 heterocycles.